The van der Waals surface area contributed by atoms with Crippen molar-refractivity contribution < 1.29 is 32.3 Å². The number of carbonyl (C=O) groups excluding carboxylic acids is 1. The monoisotopic (exact) mass is 340 g/mol. The van der Waals surface area contributed by atoms with Crippen LogP contribution in [-0.4, -0.2) is 58.0 Å². The average molecular weight is 340 g/mol. The molecular formula is C14H20F4N2O3. The molecule has 1 unspecified atom stereocenters. The number of amides is 1. The zero-order valence-corrected chi connectivity index (χ0v) is 12.6. The summed E-state index contributed by atoms with van der Waals surface area (Å²) in [5.74, 6) is -3.99. The van der Waals surface area contributed by atoms with E-state index in [9.17, 15) is 32.3 Å². The second kappa shape index (κ2) is 6.62. The van der Waals surface area contributed by atoms with E-state index in [-0.39, 0.29) is 30.8 Å². The van der Waals surface area contributed by atoms with Crippen molar-refractivity contribution in [3.8, 4) is 0 Å². The van der Waals surface area contributed by atoms with Crippen molar-refractivity contribution in [2.75, 3.05) is 13.1 Å². The molecule has 1 aliphatic heterocycles. The van der Waals surface area contributed by atoms with Gasteiger partial charge in [0, 0.05) is 13.1 Å². The number of nitrogens with zero attached hydrogens (tertiary/aromatic N) is 2. The van der Waals surface area contributed by atoms with Crippen LogP contribution >= 0.6 is 0 Å². The van der Waals surface area contributed by atoms with E-state index >= 15 is 0 Å². The number of aliphatic carboxylic acids is 1. The molecule has 1 N–H and O–H groups in total. The third-order valence-electron chi connectivity index (χ3n) is 4.66. The Balaban J connectivity index is 2.41. The number of carboxylic acids is 1. The van der Waals surface area contributed by atoms with Gasteiger partial charge in [-0.25, -0.2) is 9.18 Å². The number of carboxylic acid groups (broad SMARTS) is 1. The van der Waals surface area contributed by atoms with Gasteiger partial charge in [0.25, 0.3) is 0 Å². The third-order valence-corrected chi connectivity index (χ3v) is 4.66. The largest absolute Gasteiger partial charge is 0.479 e. The van der Waals surface area contributed by atoms with Gasteiger partial charge in [-0.05, 0) is 25.7 Å². The zero-order chi connectivity index (χ0) is 17.3. The molecule has 2 rings (SSSR count). The lowest BCUT2D eigenvalue weighted by molar-refractivity contribution is -0.215. The summed E-state index contributed by atoms with van der Waals surface area (Å²) in [7, 11) is 0. The lowest BCUT2D eigenvalue weighted by Crippen LogP contribution is -2.66. The molecule has 5 nitrogen and oxygen atoms in total. The van der Waals surface area contributed by atoms with Crippen molar-refractivity contribution in [2.24, 2.45) is 0 Å². The molecule has 0 aromatic heterocycles. The topological polar surface area (TPSA) is 60.9 Å². The van der Waals surface area contributed by atoms with Crippen LogP contribution in [0.5, 0.6) is 0 Å². The van der Waals surface area contributed by atoms with Gasteiger partial charge < -0.3 is 5.11 Å². The molecule has 132 valence electrons. The van der Waals surface area contributed by atoms with Crippen LogP contribution in [0.2, 0.25) is 0 Å². The SMILES string of the molecule is O=C(N(C(F)N1CCCC1)C1(C(=O)O)CCCCC1)C(F)(F)F. The van der Waals surface area contributed by atoms with Crippen LogP contribution < -0.4 is 0 Å². The maximum absolute atomic E-state index is 14.8. The fraction of sp³-hybridized carbons (Fsp3) is 0.857. The molecule has 1 atom stereocenters. The number of rotatable bonds is 4. The summed E-state index contributed by atoms with van der Waals surface area (Å²) in [5.41, 5.74) is -2.13. The van der Waals surface area contributed by atoms with Crippen LogP contribution in [0, 0.1) is 0 Å². The number of carbonyl (C=O) groups is 2. The molecule has 2 aliphatic rings. The van der Waals surface area contributed by atoms with E-state index < -0.39 is 30.0 Å². The minimum atomic E-state index is -5.32. The Morgan fingerprint density at radius 2 is 1.57 bits per heavy atom. The van der Waals surface area contributed by atoms with Crippen LogP contribution in [0.3, 0.4) is 0 Å². The zero-order valence-electron chi connectivity index (χ0n) is 12.6. The van der Waals surface area contributed by atoms with Gasteiger partial charge in [-0.2, -0.15) is 13.2 Å². The summed E-state index contributed by atoms with van der Waals surface area (Å²) >= 11 is 0. The van der Waals surface area contributed by atoms with E-state index in [1.165, 1.54) is 0 Å². The summed E-state index contributed by atoms with van der Waals surface area (Å²) in [5, 5.41) is 9.52. The van der Waals surface area contributed by atoms with Crippen LogP contribution in [-0.2, 0) is 9.59 Å². The first kappa shape index (κ1) is 18.0. The Morgan fingerprint density at radius 3 is 2.00 bits per heavy atom. The van der Waals surface area contributed by atoms with Gasteiger partial charge in [-0.3, -0.25) is 14.6 Å². The van der Waals surface area contributed by atoms with E-state index in [1.54, 1.807) is 0 Å². The van der Waals surface area contributed by atoms with Crippen molar-refractivity contribution in [3.63, 3.8) is 0 Å². The van der Waals surface area contributed by atoms with Crippen LogP contribution in [0.25, 0.3) is 0 Å². The van der Waals surface area contributed by atoms with Crippen LogP contribution in [0.15, 0.2) is 0 Å². The van der Waals surface area contributed by atoms with E-state index in [4.69, 9.17) is 0 Å². The summed E-state index contributed by atoms with van der Waals surface area (Å²) < 4.78 is 53.7. The highest BCUT2D eigenvalue weighted by atomic mass is 19.4. The Morgan fingerprint density at radius 1 is 1.04 bits per heavy atom. The van der Waals surface area contributed by atoms with Gasteiger partial charge in [0.2, 0.25) is 6.42 Å². The summed E-state index contributed by atoms with van der Waals surface area (Å²) in [4.78, 5) is 24.6. The van der Waals surface area contributed by atoms with Crippen molar-refractivity contribution >= 4 is 11.9 Å². The van der Waals surface area contributed by atoms with Crippen LogP contribution in [0.4, 0.5) is 17.6 Å². The van der Waals surface area contributed by atoms with E-state index in [1.807, 2.05) is 0 Å². The molecule has 0 aromatic carbocycles. The standard InChI is InChI=1S/C14H20F4N2O3/c15-12(19-8-4-5-9-19)20(10(21)14(16,17)18)13(11(22)23)6-2-1-3-7-13/h12H,1-9H2,(H,22,23). The minimum absolute atomic E-state index is 0.0557. The Bertz CT molecular complexity index is 457. The Hall–Kier alpha value is -1.38. The molecular weight excluding hydrogens is 320 g/mol. The van der Waals surface area contributed by atoms with E-state index in [0.717, 1.165) is 4.90 Å². The lowest BCUT2D eigenvalue weighted by atomic mass is 9.80. The molecule has 0 radical (unpaired) electrons. The highest BCUT2D eigenvalue weighted by molar-refractivity contribution is 5.90. The van der Waals surface area contributed by atoms with Gasteiger partial charge in [-0.15, -0.1) is 0 Å². The molecule has 1 aliphatic carbocycles. The molecule has 0 aromatic rings. The summed E-state index contributed by atoms with van der Waals surface area (Å²) in [6.45, 7) is 0.414. The summed E-state index contributed by atoms with van der Waals surface area (Å²) in [6.07, 6.45) is -5.46. The second-order valence-corrected chi connectivity index (χ2v) is 6.12. The number of likely N-dealkylation sites (tertiary alicyclic amines) is 1. The third kappa shape index (κ3) is 3.44. The number of hydrogen-bond acceptors (Lipinski definition) is 3. The quantitative estimate of drug-likeness (QED) is 0.631. The maximum atomic E-state index is 14.8. The molecule has 2 fully saturated rings. The predicted molar refractivity (Wildman–Crippen MR) is 72.1 cm³/mol. The minimum Gasteiger partial charge on any atom is -0.479 e. The average Bonchev–Trinajstić information content (AvgIpc) is 3.01. The van der Waals surface area contributed by atoms with E-state index in [2.05, 4.69) is 0 Å². The van der Waals surface area contributed by atoms with Crippen LogP contribution in [0.1, 0.15) is 44.9 Å². The van der Waals surface area contributed by atoms with Crippen molar-refractivity contribution in [1.29, 1.82) is 0 Å². The number of hydrogen-bond donors (Lipinski definition) is 1. The second-order valence-electron chi connectivity index (χ2n) is 6.12. The van der Waals surface area contributed by atoms with Crippen molar-refractivity contribution in [2.45, 2.75) is 63.1 Å². The van der Waals surface area contributed by atoms with E-state index in [0.29, 0.717) is 32.1 Å². The molecule has 0 bridgehead atoms. The van der Waals surface area contributed by atoms with Gasteiger partial charge in [0.1, 0.15) is 5.54 Å². The lowest BCUT2D eigenvalue weighted by Gasteiger charge is -2.46. The fourth-order valence-corrected chi connectivity index (χ4v) is 3.44. The van der Waals surface area contributed by atoms with Gasteiger partial charge in [0.05, 0.1) is 0 Å². The number of alkyl halides is 4. The highest BCUT2D eigenvalue weighted by Gasteiger charge is 2.57. The maximum Gasteiger partial charge on any atom is 0.471 e. The molecule has 9 heteroatoms. The number of halogens is 4. The Labute approximate surface area is 131 Å². The first-order valence-corrected chi connectivity index (χ1v) is 7.72. The first-order valence-electron chi connectivity index (χ1n) is 7.72. The molecule has 1 saturated carbocycles. The molecule has 1 amide bonds. The Kier molecular flexibility index (Phi) is 5.17. The molecule has 0 spiro atoms. The van der Waals surface area contributed by atoms with Gasteiger partial charge in [0.15, 0.2) is 0 Å². The van der Waals surface area contributed by atoms with Crippen molar-refractivity contribution in [3.05, 3.63) is 0 Å². The molecule has 23 heavy (non-hydrogen) atoms. The smallest absolute Gasteiger partial charge is 0.471 e. The predicted octanol–water partition coefficient (Wildman–Crippen LogP) is 2.51. The van der Waals surface area contributed by atoms with Crippen molar-refractivity contribution in [1.82, 2.24) is 9.80 Å². The summed E-state index contributed by atoms with van der Waals surface area (Å²) in [6, 6.07) is 0. The molecule has 1 saturated heterocycles. The fourth-order valence-electron chi connectivity index (χ4n) is 3.44. The van der Waals surface area contributed by atoms with Gasteiger partial charge in [-0.1, -0.05) is 19.3 Å². The highest BCUT2D eigenvalue weighted by Crippen LogP contribution is 2.39. The molecule has 1 heterocycles. The first-order chi connectivity index (χ1) is 10.7. The normalized spacial score (nSPS) is 23.5. The van der Waals surface area contributed by atoms with Gasteiger partial charge >= 0.3 is 18.1 Å².